The highest BCUT2D eigenvalue weighted by atomic mass is 32.2. The van der Waals surface area contributed by atoms with Gasteiger partial charge < -0.3 is 9.47 Å². The maximum Gasteiger partial charge on any atom is 0.294 e. The van der Waals surface area contributed by atoms with Crippen LogP contribution in [0.3, 0.4) is 0 Å². The highest BCUT2D eigenvalue weighted by molar-refractivity contribution is 7.90. The van der Waals surface area contributed by atoms with E-state index in [2.05, 4.69) is 15.1 Å². The third-order valence-electron chi connectivity index (χ3n) is 7.77. The smallest absolute Gasteiger partial charge is 0.294 e. The Kier molecular flexibility index (Phi) is 6.20. The molecule has 34 heavy (non-hydrogen) atoms. The number of nitrogens with one attached hydrogen (secondary N) is 2. The summed E-state index contributed by atoms with van der Waals surface area (Å²) in [5.74, 6) is -0.720. The van der Waals surface area contributed by atoms with Gasteiger partial charge in [0.25, 0.3) is 6.02 Å². The van der Waals surface area contributed by atoms with E-state index in [-0.39, 0.29) is 36.1 Å². The Morgan fingerprint density at radius 2 is 2.03 bits per heavy atom. The maximum absolute atomic E-state index is 15.2. The molecule has 5 atom stereocenters. The van der Waals surface area contributed by atoms with Gasteiger partial charge in [-0.3, -0.25) is 15.1 Å². The number of fused-ring (bicyclic) bond motifs is 1. The van der Waals surface area contributed by atoms with Crippen LogP contribution in [0.5, 0.6) is 0 Å². The number of carbonyl (C=O) groups is 1. The lowest BCUT2D eigenvalue weighted by Crippen LogP contribution is -2.58. The summed E-state index contributed by atoms with van der Waals surface area (Å²) < 4.78 is 55.2. The van der Waals surface area contributed by atoms with Crippen molar-refractivity contribution in [1.29, 1.82) is 0 Å². The summed E-state index contributed by atoms with van der Waals surface area (Å²) in [5, 5.41) is 0.729. The van der Waals surface area contributed by atoms with Crippen molar-refractivity contribution in [1.82, 2.24) is 20.1 Å². The van der Waals surface area contributed by atoms with E-state index in [1.54, 1.807) is 4.90 Å². The SMILES string of the molecule is CN1CC(CN2C(=O)C3CC(S(=O)(=O)NC4(C)CC4)C(F)CC3N=C2OCC2(C)COC2)CN1. The molecule has 5 aliphatic rings. The fraction of sp³-hybridized carbons (Fsp3) is 0.909. The first kappa shape index (κ1) is 24.4. The number of sulfonamides is 1. The van der Waals surface area contributed by atoms with Crippen LogP contribution in [0.25, 0.3) is 0 Å². The minimum Gasteiger partial charge on any atom is -0.464 e. The zero-order chi connectivity index (χ0) is 24.3. The van der Waals surface area contributed by atoms with Crippen molar-refractivity contribution in [2.45, 2.75) is 62.5 Å². The van der Waals surface area contributed by atoms with Crippen LogP contribution in [0.2, 0.25) is 0 Å². The molecule has 0 aromatic heterocycles. The van der Waals surface area contributed by atoms with E-state index in [0.29, 0.717) is 26.4 Å². The fourth-order valence-electron chi connectivity index (χ4n) is 5.28. The number of rotatable bonds is 7. The molecule has 0 spiro atoms. The highest BCUT2D eigenvalue weighted by Crippen LogP contribution is 2.40. The topological polar surface area (TPSA) is 113 Å². The van der Waals surface area contributed by atoms with E-state index in [9.17, 15) is 13.2 Å². The fourth-order valence-corrected chi connectivity index (χ4v) is 7.29. The van der Waals surface area contributed by atoms with Crippen molar-refractivity contribution in [3.63, 3.8) is 0 Å². The van der Waals surface area contributed by atoms with Crippen molar-refractivity contribution in [3.05, 3.63) is 0 Å². The Labute approximate surface area is 200 Å². The lowest BCUT2D eigenvalue weighted by molar-refractivity contribution is -0.139. The van der Waals surface area contributed by atoms with Crippen molar-refractivity contribution in [3.8, 4) is 0 Å². The van der Waals surface area contributed by atoms with E-state index in [0.717, 1.165) is 25.9 Å². The summed E-state index contributed by atoms with van der Waals surface area (Å²) in [7, 11) is -1.95. The number of amidine groups is 1. The second-order valence-electron chi connectivity index (χ2n) is 11.5. The lowest BCUT2D eigenvalue weighted by Gasteiger charge is -2.43. The molecule has 4 fully saturated rings. The molecular formula is C22H36FN5O5S. The average molecular weight is 502 g/mol. The minimum absolute atomic E-state index is 0.0717. The summed E-state index contributed by atoms with van der Waals surface area (Å²) in [6.07, 6.45) is -0.276. The minimum atomic E-state index is -3.89. The molecule has 0 aromatic carbocycles. The predicted molar refractivity (Wildman–Crippen MR) is 123 cm³/mol. The number of hydrogen-bond acceptors (Lipinski definition) is 8. The molecule has 3 heterocycles. The molecule has 0 bridgehead atoms. The molecule has 5 unspecified atom stereocenters. The zero-order valence-corrected chi connectivity index (χ0v) is 20.9. The molecule has 2 aliphatic carbocycles. The van der Waals surface area contributed by atoms with Crippen LogP contribution in [0.1, 0.15) is 39.5 Å². The third kappa shape index (κ3) is 4.84. The van der Waals surface area contributed by atoms with Crippen LogP contribution in [-0.4, -0.2) is 99.8 Å². The second kappa shape index (κ2) is 8.65. The summed E-state index contributed by atoms with van der Waals surface area (Å²) in [6, 6.07) is -0.391. The molecule has 5 rings (SSSR count). The molecule has 192 valence electrons. The Morgan fingerprint density at radius 1 is 1.29 bits per heavy atom. The Hall–Kier alpha value is -1.34. The van der Waals surface area contributed by atoms with Gasteiger partial charge in [0.2, 0.25) is 15.9 Å². The van der Waals surface area contributed by atoms with Gasteiger partial charge in [-0.1, -0.05) is 6.92 Å². The third-order valence-corrected chi connectivity index (χ3v) is 9.83. The molecular weight excluding hydrogens is 465 g/mol. The van der Waals surface area contributed by atoms with E-state index in [1.165, 1.54) is 0 Å². The molecule has 0 radical (unpaired) electrons. The lowest BCUT2D eigenvalue weighted by atomic mass is 9.81. The van der Waals surface area contributed by atoms with Gasteiger partial charge in [0.15, 0.2) is 0 Å². The van der Waals surface area contributed by atoms with Crippen LogP contribution in [0.4, 0.5) is 4.39 Å². The van der Waals surface area contributed by atoms with Gasteiger partial charge in [-0.05, 0) is 26.2 Å². The molecule has 1 amide bonds. The van der Waals surface area contributed by atoms with Gasteiger partial charge in [0, 0.05) is 50.0 Å². The van der Waals surface area contributed by atoms with Gasteiger partial charge in [0.1, 0.15) is 18.0 Å². The van der Waals surface area contributed by atoms with Crippen LogP contribution in [0.15, 0.2) is 4.99 Å². The quantitative estimate of drug-likeness (QED) is 0.515. The van der Waals surface area contributed by atoms with Crippen LogP contribution >= 0.6 is 0 Å². The van der Waals surface area contributed by atoms with Crippen molar-refractivity contribution < 1.29 is 27.1 Å². The Balaban J connectivity index is 1.36. The zero-order valence-electron chi connectivity index (χ0n) is 20.1. The molecule has 2 saturated carbocycles. The summed E-state index contributed by atoms with van der Waals surface area (Å²) in [6.45, 7) is 7.29. The average Bonchev–Trinajstić information content (AvgIpc) is 3.30. The number of aliphatic imine (C=N–C) groups is 1. The van der Waals surface area contributed by atoms with Gasteiger partial charge in [-0.15, -0.1) is 0 Å². The molecule has 2 saturated heterocycles. The van der Waals surface area contributed by atoms with Crippen molar-refractivity contribution in [2.24, 2.45) is 22.2 Å². The molecule has 10 nitrogen and oxygen atoms in total. The Morgan fingerprint density at radius 3 is 2.62 bits per heavy atom. The number of amides is 1. The number of halogens is 1. The van der Waals surface area contributed by atoms with Crippen LogP contribution in [0, 0.1) is 17.3 Å². The molecule has 12 heteroatoms. The van der Waals surface area contributed by atoms with Gasteiger partial charge in [-0.2, -0.15) is 0 Å². The van der Waals surface area contributed by atoms with E-state index in [1.807, 2.05) is 25.9 Å². The van der Waals surface area contributed by atoms with Crippen molar-refractivity contribution in [2.75, 3.05) is 46.5 Å². The first-order valence-corrected chi connectivity index (χ1v) is 13.7. The largest absolute Gasteiger partial charge is 0.464 e. The van der Waals surface area contributed by atoms with Gasteiger partial charge >= 0.3 is 0 Å². The highest BCUT2D eigenvalue weighted by Gasteiger charge is 2.53. The second-order valence-corrected chi connectivity index (χ2v) is 13.4. The van der Waals surface area contributed by atoms with E-state index in [4.69, 9.17) is 9.47 Å². The van der Waals surface area contributed by atoms with E-state index >= 15 is 4.39 Å². The number of alkyl halides is 1. The molecule has 3 aliphatic heterocycles. The number of carbonyl (C=O) groups excluding carboxylic acids is 1. The summed E-state index contributed by atoms with van der Waals surface area (Å²) in [5.41, 5.74) is 2.62. The van der Waals surface area contributed by atoms with Gasteiger partial charge in [0.05, 0.1) is 25.2 Å². The number of hydrogen-bond donors (Lipinski definition) is 2. The summed E-state index contributed by atoms with van der Waals surface area (Å²) in [4.78, 5) is 19.9. The first-order chi connectivity index (χ1) is 16.0. The number of nitrogens with zero attached hydrogens (tertiary/aromatic N) is 3. The molecule has 2 N–H and O–H groups in total. The maximum atomic E-state index is 15.2. The van der Waals surface area contributed by atoms with Crippen LogP contribution in [-0.2, 0) is 24.3 Å². The Bertz CT molecular complexity index is 953. The number of hydrazine groups is 1. The molecule has 0 aromatic rings. The monoisotopic (exact) mass is 501 g/mol. The normalized spacial score (nSPS) is 37.1. The van der Waals surface area contributed by atoms with Crippen molar-refractivity contribution >= 4 is 22.0 Å². The summed E-state index contributed by atoms with van der Waals surface area (Å²) >= 11 is 0. The standard InChI is InChI=1S/C22H36FN5O5S/c1-21(11-32-12-21)13-33-20-25-17-7-16(23)18(34(30,31)26-22(2)4-5-22)6-15(17)19(29)28(20)10-14-8-24-27(3)9-14/h14-18,24,26H,4-13H2,1-3H3. The number of ether oxygens (including phenoxy) is 2. The van der Waals surface area contributed by atoms with E-state index < -0.39 is 38.9 Å². The first-order valence-electron chi connectivity index (χ1n) is 12.2. The van der Waals surface area contributed by atoms with Gasteiger partial charge in [-0.25, -0.2) is 27.5 Å². The van der Waals surface area contributed by atoms with Crippen LogP contribution < -0.4 is 10.1 Å². The predicted octanol–water partition coefficient (Wildman–Crippen LogP) is 0.261.